The molecule has 0 aliphatic heterocycles. The first-order valence-electron chi connectivity index (χ1n) is 6.87. The van der Waals surface area contributed by atoms with Crippen LogP contribution >= 0.6 is 0 Å². The minimum Gasteiger partial charge on any atom is -0.324 e. The van der Waals surface area contributed by atoms with Crippen LogP contribution in [0.3, 0.4) is 0 Å². The van der Waals surface area contributed by atoms with Gasteiger partial charge in [-0.3, -0.25) is 4.98 Å². The lowest BCUT2D eigenvalue weighted by molar-refractivity contribution is 0.382. The number of hydrogen-bond donors (Lipinski definition) is 1. The maximum Gasteiger partial charge on any atom is 0.0379 e. The van der Waals surface area contributed by atoms with Crippen molar-refractivity contribution in [1.82, 2.24) is 4.98 Å². The quantitative estimate of drug-likeness (QED) is 0.790. The average Bonchev–Trinajstić information content (AvgIpc) is 2.55. The van der Waals surface area contributed by atoms with Crippen molar-refractivity contribution in [3.05, 3.63) is 29.1 Å². The largest absolute Gasteiger partial charge is 0.324 e. The van der Waals surface area contributed by atoms with Gasteiger partial charge in [-0.1, -0.05) is 25.7 Å². The molecule has 0 saturated heterocycles. The van der Waals surface area contributed by atoms with E-state index >= 15 is 0 Å². The van der Waals surface area contributed by atoms with Crippen molar-refractivity contribution in [3.63, 3.8) is 0 Å². The topological polar surface area (TPSA) is 38.9 Å². The lowest BCUT2D eigenvalue weighted by Gasteiger charge is -2.23. The van der Waals surface area contributed by atoms with E-state index in [2.05, 4.69) is 31.0 Å². The molecule has 0 amide bonds. The summed E-state index contributed by atoms with van der Waals surface area (Å²) >= 11 is 0. The van der Waals surface area contributed by atoms with E-state index in [0.29, 0.717) is 5.92 Å². The molecule has 2 rings (SSSR count). The minimum absolute atomic E-state index is 0.202. The van der Waals surface area contributed by atoms with Gasteiger partial charge in [0.05, 0.1) is 0 Å². The molecule has 2 heteroatoms. The summed E-state index contributed by atoms with van der Waals surface area (Å²) < 4.78 is 0. The molecule has 1 unspecified atom stereocenters. The molecule has 0 aromatic carbocycles. The van der Waals surface area contributed by atoms with Crippen LogP contribution in [0.25, 0.3) is 0 Å². The fourth-order valence-electron chi connectivity index (χ4n) is 3.00. The Morgan fingerprint density at radius 2 is 1.59 bits per heavy atom. The zero-order valence-corrected chi connectivity index (χ0v) is 11.1. The van der Waals surface area contributed by atoms with Gasteiger partial charge < -0.3 is 5.73 Å². The van der Waals surface area contributed by atoms with Gasteiger partial charge in [-0.25, -0.2) is 0 Å². The van der Waals surface area contributed by atoms with Crippen LogP contribution in [0.15, 0.2) is 12.1 Å². The van der Waals surface area contributed by atoms with Gasteiger partial charge in [-0.2, -0.15) is 0 Å². The zero-order chi connectivity index (χ0) is 12.3. The molecule has 17 heavy (non-hydrogen) atoms. The Balaban J connectivity index is 2.14. The summed E-state index contributed by atoms with van der Waals surface area (Å²) in [5, 5.41) is 0. The van der Waals surface area contributed by atoms with Gasteiger partial charge in [0.2, 0.25) is 0 Å². The maximum atomic E-state index is 6.45. The highest BCUT2D eigenvalue weighted by atomic mass is 14.7. The number of nitrogens with two attached hydrogens (primary N) is 1. The third-order valence-corrected chi connectivity index (χ3v) is 3.90. The molecule has 1 aliphatic carbocycles. The summed E-state index contributed by atoms with van der Waals surface area (Å²) in [6.07, 6.45) is 8.06. The van der Waals surface area contributed by atoms with Crippen LogP contribution in [-0.2, 0) is 0 Å². The molecule has 0 radical (unpaired) electrons. The van der Waals surface area contributed by atoms with E-state index in [1.165, 1.54) is 44.1 Å². The first-order chi connectivity index (χ1) is 8.16. The Kier molecular flexibility index (Phi) is 4.16. The molecule has 1 heterocycles. The summed E-state index contributed by atoms with van der Waals surface area (Å²) in [5.41, 5.74) is 9.90. The molecule has 1 atom stereocenters. The van der Waals surface area contributed by atoms with Gasteiger partial charge in [0.15, 0.2) is 0 Å². The maximum absolute atomic E-state index is 6.45. The van der Waals surface area contributed by atoms with Crippen LogP contribution in [-0.4, -0.2) is 4.98 Å². The van der Waals surface area contributed by atoms with Crippen molar-refractivity contribution in [1.29, 1.82) is 0 Å². The molecule has 0 spiro atoms. The lowest BCUT2D eigenvalue weighted by atomic mass is 9.88. The first-order valence-corrected chi connectivity index (χ1v) is 6.87. The van der Waals surface area contributed by atoms with Gasteiger partial charge in [0.1, 0.15) is 0 Å². The molecule has 1 aromatic rings. The minimum atomic E-state index is 0.202. The monoisotopic (exact) mass is 232 g/mol. The Morgan fingerprint density at radius 3 is 2.12 bits per heavy atom. The highest BCUT2D eigenvalue weighted by Gasteiger charge is 2.21. The molecule has 94 valence electrons. The molecule has 2 N–H and O–H groups in total. The van der Waals surface area contributed by atoms with Crippen LogP contribution in [0, 0.1) is 19.8 Å². The second kappa shape index (κ2) is 5.63. The fraction of sp³-hybridized carbons (Fsp3) is 0.667. The fourth-order valence-corrected chi connectivity index (χ4v) is 3.00. The number of hydrogen-bond acceptors (Lipinski definition) is 2. The highest BCUT2D eigenvalue weighted by molar-refractivity contribution is 5.23. The molecule has 1 aliphatic rings. The van der Waals surface area contributed by atoms with Crippen LogP contribution in [0.1, 0.15) is 61.5 Å². The molecule has 0 bridgehead atoms. The normalized spacial score (nSPS) is 19.9. The Hall–Kier alpha value is -0.890. The highest BCUT2D eigenvalue weighted by Crippen LogP contribution is 2.32. The van der Waals surface area contributed by atoms with E-state index in [1.807, 2.05) is 0 Å². The predicted molar refractivity (Wildman–Crippen MR) is 71.8 cm³/mol. The van der Waals surface area contributed by atoms with Crippen molar-refractivity contribution < 1.29 is 0 Å². The Bertz CT molecular complexity index is 345. The summed E-state index contributed by atoms with van der Waals surface area (Å²) in [6, 6.07) is 4.51. The number of pyridine rings is 1. The van der Waals surface area contributed by atoms with Gasteiger partial charge in [-0.05, 0) is 50.3 Å². The molecule has 2 nitrogen and oxygen atoms in total. The van der Waals surface area contributed by atoms with E-state index in [4.69, 9.17) is 5.73 Å². The van der Waals surface area contributed by atoms with Crippen LogP contribution in [0.2, 0.25) is 0 Å². The SMILES string of the molecule is Cc1cc(C(N)C2CCCCCC2)cc(C)n1. The van der Waals surface area contributed by atoms with Crippen LogP contribution < -0.4 is 5.73 Å². The van der Waals surface area contributed by atoms with Crippen LogP contribution in [0.5, 0.6) is 0 Å². The number of aryl methyl sites for hydroxylation is 2. The average molecular weight is 232 g/mol. The van der Waals surface area contributed by atoms with Gasteiger partial charge in [-0.15, -0.1) is 0 Å². The van der Waals surface area contributed by atoms with Crippen molar-refractivity contribution in [2.75, 3.05) is 0 Å². The van der Waals surface area contributed by atoms with Gasteiger partial charge >= 0.3 is 0 Å². The number of aromatic nitrogens is 1. The summed E-state index contributed by atoms with van der Waals surface area (Å²) in [5.74, 6) is 0.665. The second-order valence-corrected chi connectivity index (χ2v) is 5.46. The van der Waals surface area contributed by atoms with Crippen molar-refractivity contribution in [2.24, 2.45) is 11.7 Å². The smallest absolute Gasteiger partial charge is 0.0379 e. The summed E-state index contributed by atoms with van der Waals surface area (Å²) in [4.78, 5) is 4.42. The Morgan fingerprint density at radius 1 is 1.06 bits per heavy atom. The molecule has 1 saturated carbocycles. The van der Waals surface area contributed by atoms with Crippen molar-refractivity contribution >= 4 is 0 Å². The lowest BCUT2D eigenvalue weighted by Crippen LogP contribution is -2.21. The predicted octanol–water partition coefficient (Wildman–Crippen LogP) is 3.67. The zero-order valence-electron chi connectivity index (χ0n) is 11.1. The number of nitrogens with zero attached hydrogens (tertiary/aromatic N) is 1. The van der Waals surface area contributed by atoms with Gasteiger partial charge in [0.25, 0.3) is 0 Å². The van der Waals surface area contributed by atoms with Gasteiger partial charge in [0, 0.05) is 17.4 Å². The number of rotatable bonds is 2. The molecule has 1 aromatic heterocycles. The second-order valence-electron chi connectivity index (χ2n) is 5.46. The third kappa shape index (κ3) is 3.29. The van der Waals surface area contributed by atoms with Crippen molar-refractivity contribution in [2.45, 2.75) is 58.4 Å². The van der Waals surface area contributed by atoms with E-state index in [0.717, 1.165) is 11.4 Å². The Labute approximate surface area is 105 Å². The third-order valence-electron chi connectivity index (χ3n) is 3.90. The molecular formula is C15H24N2. The molecule has 1 fully saturated rings. The molecular weight excluding hydrogens is 208 g/mol. The summed E-state index contributed by atoms with van der Waals surface area (Å²) in [7, 11) is 0. The standard InChI is InChI=1S/C15H24N2/c1-11-9-14(10-12(2)17-11)15(16)13-7-5-3-4-6-8-13/h9-10,13,15H,3-8,16H2,1-2H3. The van der Waals surface area contributed by atoms with E-state index in [1.54, 1.807) is 0 Å². The van der Waals surface area contributed by atoms with Crippen LogP contribution in [0.4, 0.5) is 0 Å². The van der Waals surface area contributed by atoms with Crippen molar-refractivity contribution in [3.8, 4) is 0 Å². The van der Waals surface area contributed by atoms with E-state index in [-0.39, 0.29) is 6.04 Å². The first kappa shape index (κ1) is 12.6. The van der Waals surface area contributed by atoms with E-state index < -0.39 is 0 Å². The van der Waals surface area contributed by atoms with E-state index in [9.17, 15) is 0 Å². The summed E-state index contributed by atoms with van der Waals surface area (Å²) in [6.45, 7) is 4.10.